The molecule has 0 bridgehead atoms. The van der Waals surface area contributed by atoms with Crippen molar-refractivity contribution in [2.24, 2.45) is 0 Å². The van der Waals surface area contributed by atoms with E-state index in [-0.39, 0.29) is 6.10 Å². The van der Waals surface area contributed by atoms with Crippen molar-refractivity contribution in [2.45, 2.75) is 30.5 Å². The zero-order chi connectivity index (χ0) is 19.2. The Balaban J connectivity index is 1.76. The van der Waals surface area contributed by atoms with Crippen molar-refractivity contribution >= 4 is 35.0 Å². The Labute approximate surface area is 173 Å². The first-order valence-corrected chi connectivity index (χ1v) is 10.1. The van der Waals surface area contributed by atoms with Crippen LogP contribution in [0.25, 0.3) is 0 Å². The summed E-state index contributed by atoms with van der Waals surface area (Å²) in [7, 11) is 0. The van der Waals surface area contributed by atoms with Gasteiger partial charge < -0.3 is 4.74 Å². The topological polar surface area (TPSA) is 39.9 Å². The Morgan fingerprint density at radius 1 is 1.15 bits per heavy atom. The molecule has 7 heteroatoms. The molecule has 0 saturated carbocycles. The van der Waals surface area contributed by atoms with Crippen LogP contribution in [0.2, 0.25) is 10.0 Å². The molecule has 3 aromatic rings. The van der Waals surface area contributed by atoms with Crippen LogP contribution in [0, 0.1) is 0 Å². The van der Waals surface area contributed by atoms with Crippen LogP contribution in [0.15, 0.2) is 66.3 Å². The van der Waals surface area contributed by atoms with Gasteiger partial charge in [-0.15, -0.1) is 16.8 Å². The van der Waals surface area contributed by atoms with Crippen molar-refractivity contribution in [2.75, 3.05) is 0 Å². The van der Waals surface area contributed by atoms with Crippen LogP contribution in [0.3, 0.4) is 0 Å². The average Bonchev–Trinajstić information content (AvgIpc) is 3.03. The normalized spacial score (nSPS) is 12.0. The number of hydrogen-bond donors (Lipinski definition) is 0. The molecule has 0 spiro atoms. The molecule has 140 valence electrons. The van der Waals surface area contributed by atoms with Crippen LogP contribution in [0.1, 0.15) is 24.4 Å². The number of nitrogens with zero attached hydrogens (tertiary/aromatic N) is 3. The third-order valence-electron chi connectivity index (χ3n) is 3.79. The van der Waals surface area contributed by atoms with Crippen LogP contribution >= 0.6 is 35.0 Å². The molecule has 0 amide bonds. The summed E-state index contributed by atoms with van der Waals surface area (Å²) in [6, 6.07) is 15.1. The van der Waals surface area contributed by atoms with Crippen molar-refractivity contribution < 1.29 is 4.74 Å². The Morgan fingerprint density at radius 3 is 2.59 bits per heavy atom. The number of aromatic nitrogens is 3. The number of ether oxygens (including phenoxy) is 1. The predicted molar refractivity (Wildman–Crippen MR) is 112 cm³/mol. The minimum atomic E-state index is -0.281. The van der Waals surface area contributed by atoms with Gasteiger partial charge >= 0.3 is 0 Å². The molecule has 0 aliphatic rings. The summed E-state index contributed by atoms with van der Waals surface area (Å²) in [6.07, 6.45) is 1.54. The molecule has 1 atom stereocenters. The molecule has 1 unspecified atom stereocenters. The Kier molecular flexibility index (Phi) is 6.83. The van der Waals surface area contributed by atoms with Crippen LogP contribution in [-0.2, 0) is 12.3 Å². The van der Waals surface area contributed by atoms with E-state index in [1.165, 1.54) is 0 Å². The van der Waals surface area contributed by atoms with E-state index in [0.717, 1.165) is 27.3 Å². The highest BCUT2D eigenvalue weighted by atomic mass is 35.5. The molecule has 3 rings (SSSR count). The Hall–Kier alpha value is -1.95. The van der Waals surface area contributed by atoms with Crippen LogP contribution in [0.5, 0.6) is 5.75 Å². The summed E-state index contributed by atoms with van der Waals surface area (Å²) in [6.45, 7) is 6.38. The lowest BCUT2D eigenvalue weighted by molar-refractivity contribution is 0.210. The zero-order valence-corrected chi connectivity index (χ0v) is 17.1. The van der Waals surface area contributed by atoms with E-state index in [1.807, 2.05) is 60.0 Å². The fraction of sp³-hybridized carbons (Fsp3) is 0.200. The summed E-state index contributed by atoms with van der Waals surface area (Å²) < 4.78 is 8.00. The molecule has 0 radical (unpaired) electrons. The van der Waals surface area contributed by atoms with Crippen molar-refractivity contribution in [3.63, 3.8) is 0 Å². The number of hydrogen-bond acceptors (Lipinski definition) is 4. The first-order chi connectivity index (χ1) is 13.1. The lowest BCUT2D eigenvalue weighted by Crippen LogP contribution is -2.12. The smallest absolute Gasteiger partial charge is 0.191 e. The molecule has 0 N–H and O–H groups in total. The standard InChI is InChI=1S/C20H19Cl2N3OS/c1-3-10-25-19(14(2)26-18-9-5-8-17(22)12-18)23-24-20(25)27-13-15-6-4-7-16(21)11-15/h3-9,11-12,14H,1,10,13H2,2H3. The predicted octanol–water partition coefficient (Wildman–Crippen LogP) is 6.20. The SMILES string of the molecule is C=CCn1c(SCc2cccc(Cl)c2)nnc1C(C)Oc1cccc(Cl)c1. The quantitative estimate of drug-likeness (QED) is 0.321. The number of rotatable bonds is 8. The van der Waals surface area contributed by atoms with Crippen LogP contribution in [-0.4, -0.2) is 14.8 Å². The third kappa shape index (κ3) is 5.28. The second kappa shape index (κ2) is 9.31. The maximum absolute atomic E-state index is 6.06. The van der Waals surface area contributed by atoms with Gasteiger partial charge in [0.25, 0.3) is 0 Å². The molecular weight excluding hydrogens is 401 g/mol. The van der Waals surface area contributed by atoms with E-state index in [0.29, 0.717) is 17.3 Å². The van der Waals surface area contributed by atoms with Crippen molar-refractivity contribution in [1.29, 1.82) is 0 Å². The first kappa shape index (κ1) is 19.8. The largest absolute Gasteiger partial charge is 0.483 e. The van der Waals surface area contributed by atoms with E-state index >= 15 is 0 Å². The summed E-state index contributed by atoms with van der Waals surface area (Å²) in [5, 5.41) is 10.9. The number of thioether (sulfide) groups is 1. The highest BCUT2D eigenvalue weighted by Gasteiger charge is 2.19. The zero-order valence-electron chi connectivity index (χ0n) is 14.8. The molecule has 0 aliphatic carbocycles. The molecular formula is C20H19Cl2N3OS. The highest BCUT2D eigenvalue weighted by Crippen LogP contribution is 2.28. The van der Waals surface area contributed by atoms with Gasteiger partial charge in [0.15, 0.2) is 17.1 Å². The van der Waals surface area contributed by atoms with E-state index in [1.54, 1.807) is 17.8 Å². The van der Waals surface area contributed by atoms with Gasteiger partial charge in [0.1, 0.15) is 5.75 Å². The minimum absolute atomic E-state index is 0.281. The molecule has 1 heterocycles. The van der Waals surface area contributed by atoms with Crippen molar-refractivity contribution in [3.8, 4) is 5.75 Å². The molecule has 0 fully saturated rings. The van der Waals surface area contributed by atoms with Gasteiger partial charge in [-0.1, -0.05) is 59.2 Å². The van der Waals surface area contributed by atoms with Gasteiger partial charge in [-0.3, -0.25) is 4.57 Å². The molecule has 27 heavy (non-hydrogen) atoms. The number of halogens is 2. The second-order valence-electron chi connectivity index (χ2n) is 5.88. The summed E-state index contributed by atoms with van der Waals surface area (Å²) >= 11 is 13.7. The minimum Gasteiger partial charge on any atom is -0.483 e. The van der Waals surface area contributed by atoms with E-state index in [4.69, 9.17) is 27.9 Å². The van der Waals surface area contributed by atoms with E-state index in [2.05, 4.69) is 16.8 Å². The monoisotopic (exact) mass is 419 g/mol. The van der Waals surface area contributed by atoms with Gasteiger partial charge in [0.2, 0.25) is 0 Å². The molecule has 0 aliphatic heterocycles. The lowest BCUT2D eigenvalue weighted by atomic mass is 10.2. The van der Waals surface area contributed by atoms with Crippen LogP contribution < -0.4 is 4.74 Å². The third-order valence-corrected chi connectivity index (χ3v) is 5.29. The van der Waals surface area contributed by atoms with Gasteiger partial charge in [0.05, 0.1) is 0 Å². The maximum Gasteiger partial charge on any atom is 0.191 e. The fourth-order valence-electron chi connectivity index (χ4n) is 2.58. The molecule has 1 aromatic heterocycles. The maximum atomic E-state index is 6.06. The van der Waals surface area contributed by atoms with Crippen molar-refractivity contribution in [1.82, 2.24) is 14.8 Å². The lowest BCUT2D eigenvalue weighted by Gasteiger charge is -2.16. The highest BCUT2D eigenvalue weighted by molar-refractivity contribution is 7.98. The first-order valence-electron chi connectivity index (χ1n) is 8.40. The van der Waals surface area contributed by atoms with Gasteiger partial charge in [0, 0.05) is 22.3 Å². The fourth-order valence-corrected chi connectivity index (χ4v) is 3.87. The molecule has 4 nitrogen and oxygen atoms in total. The summed E-state index contributed by atoms with van der Waals surface area (Å²) in [5.41, 5.74) is 1.13. The summed E-state index contributed by atoms with van der Waals surface area (Å²) in [4.78, 5) is 0. The Bertz CT molecular complexity index is 929. The van der Waals surface area contributed by atoms with Gasteiger partial charge in [-0.05, 0) is 42.8 Å². The van der Waals surface area contributed by atoms with E-state index < -0.39 is 0 Å². The second-order valence-corrected chi connectivity index (χ2v) is 7.69. The molecule has 2 aromatic carbocycles. The summed E-state index contributed by atoms with van der Waals surface area (Å²) in [5.74, 6) is 2.18. The van der Waals surface area contributed by atoms with Crippen LogP contribution in [0.4, 0.5) is 0 Å². The molecule has 0 saturated heterocycles. The number of benzene rings is 2. The average molecular weight is 420 g/mol. The van der Waals surface area contributed by atoms with Gasteiger partial charge in [-0.2, -0.15) is 0 Å². The van der Waals surface area contributed by atoms with Crippen molar-refractivity contribution in [3.05, 3.63) is 82.6 Å². The Morgan fingerprint density at radius 2 is 1.89 bits per heavy atom. The number of allylic oxidation sites excluding steroid dienone is 1. The van der Waals surface area contributed by atoms with Gasteiger partial charge in [-0.25, -0.2) is 0 Å². The van der Waals surface area contributed by atoms with E-state index in [9.17, 15) is 0 Å².